The second-order valence-electron chi connectivity index (χ2n) is 10.2. The zero-order valence-corrected chi connectivity index (χ0v) is 20.9. The van der Waals surface area contributed by atoms with Crippen LogP contribution in [-0.2, 0) is 16.6 Å². The fraction of sp³-hybridized carbons (Fsp3) is 0.462. The number of benzene rings is 2. The van der Waals surface area contributed by atoms with Crippen LogP contribution in [0.15, 0.2) is 55.1 Å². The van der Waals surface area contributed by atoms with Crippen LogP contribution < -0.4 is 4.90 Å². The SMILES string of the molecule is CC[C@H]1CC[C@@H](c2ccccc2)S(=O)(=O)N1Cc1cc(F)c(N2C[C@@H]3[C@H](C2)[C@H]3n2cnnc2)cc1F. The van der Waals surface area contributed by atoms with E-state index in [1.807, 2.05) is 46.7 Å². The lowest BCUT2D eigenvalue weighted by atomic mass is 10.0. The molecule has 3 aromatic rings. The molecule has 7 nitrogen and oxygen atoms in total. The van der Waals surface area contributed by atoms with Crippen LogP contribution in [0.1, 0.15) is 48.6 Å². The highest BCUT2D eigenvalue weighted by molar-refractivity contribution is 7.89. The molecule has 2 aliphatic heterocycles. The molecule has 10 heteroatoms. The lowest BCUT2D eigenvalue weighted by Gasteiger charge is -2.39. The van der Waals surface area contributed by atoms with E-state index in [4.69, 9.17) is 0 Å². The lowest BCUT2D eigenvalue weighted by molar-refractivity contribution is 0.256. The third-order valence-electron chi connectivity index (χ3n) is 8.21. The van der Waals surface area contributed by atoms with Crippen molar-refractivity contribution in [3.8, 4) is 0 Å². The van der Waals surface area contributed by atoms with E-state index >= 15 is 8.78 Å². The number of aromatic nitrogens is 3. The number of rotatable bonds is 6. The van der Waals surface area contributed by atoms with Crippen LogP contribution in [0.4, 0.5) is 14.5 Å². The van der Waals surface area contributed by atoms with Crippen LogP contribution in [0.5, 0.6) is 0 Å². The van der Waals surface area contributed by atoms with Crippen molar-refractivity contribution in [3.05, 3.63) is 77.9 Å². The van der Waals surface area contributed by atoms with Gasteiger partial charge in [0.05, 0.1) is 5.69 Å². The molecule has 0 bridgehead atoms. The molecule has 1 aliphatic carbocycles. The van der Waals surface area contributed by atoms with Gasteiger partial charge in [-0.25, -0.2) is 17.2 Å². The number of halogens is 2. The topological polar surface area (TPSA) is 71.3 Å². The Hall–Kier alpha value is -2.85. The van der Waals surface area contributed by atoms with Crippen molar-refractivity contribution in [1.29, 1.82) is 0 Å². The summed E-state index contributed by atoms with van der Waals surface area (Å²) < 4.78 is 61.2. The molecule has 3 fully saturated rings. The molecule has 2 saturated heterocycles. The molecule has 36 heavy (non-hydrogen) atoms. The molecule has 0 N–H and O–H groups in total. The smallest absolute Gasteiger partial charge is 0.221 e. The molecule has 5 atom stereocenters. The predicted octanol–water partition coefficient (Wildman–Crippen LogP) is 4.31. The number of anilines is 1. The highest BCUT2D eigenvalue weighted by atomic mass is 32.2. The van der Waals surface area contributed by atoms with E-state index in [1.165, 1.54) is 16.4 Å². The largest absolute Gasteiger partial charge is 0.368 e. The summed E-state index contributed by atoms with van der Waals surface area (Å²) in [7, 11) is -3.74. The maximum Gasteiger partial charge on any atom is 0.221 e. The summed E-state index contributed by atoms with van der Waals surface area (Å²) in [6, 6.07) is 11.6. The second-order valence-corrected chi connectivity index (χ2v) is 12.2. The fourth-order valence-electron chi connectivity index (χ4n) is 6.25. The maximum atomic E-state index is 15.3. The molecule has 0 spiro atoms. The lowest BCUT2D eigenvalue weighted by Crippen LogP contribution is -2.46. The summed E-state index contributed by atoms with van der Waals surface area (Å²) in [5.41, 5.74) is 1.04. The summed E-state index contributed by atoms with van der Waals surface area (Å²) in [6.45, 7) is 3.04. The highest BCUT2D eigenvalue weighted by Crippen LogP contribution is 2.56. The fourth-order valence-corrected chi connectivity index (χ4v) is 8.50. The number of nitrogens with zero attached hydrogens (tertiary/aromatic N) is 5. The van der Waals surface area contributed by atoms with Crippen LogP contribution in [0, 0.1) is 23.5 Å². The zero-order chi connectivity index (χ0) is 25.0. The van der Waals surface area contributed by atoms with Gasteiger partial charge in [0.2, 0.25) is 10.0 Å². The van der Waals surface area contributed by atoms with Gasteiger partial charge in [0, 0.05) is 55.2 Å². The van der Waals surface area contributed by atoms with Gasteiger partial charge in [-0.2, -0.15) is 4.31 Å². The van der Waals surface area contributed by atoms with Gasteiger partial charge < -0.3 is 9.47 Å². The Morgan fingerprint density at radius 2 is 1.67 bits per heavy atom. The van der Waals surface area contributed by atoms with E-state index in [-0.39, 0.29) is 23.8 Å². The van der Waals surface area contributed by atoms with E-state index < -0.39 is 26.9 Å². The van der Waals surface area contributed by atoms with Crippen LogP contribution in [0.25, 0.3) is 0 Å². The number of hydrogen-bond acceptors (Lipinski definition) is 5. The minimum atomic E-state index is -3.74. The van der Waals surface area contributed by atoms with Crippen molar-refractivity contribution >= 4 is 15.7 Å². The summed E-state index contributed by atoms with van der Waals surface area (Å²) in [5, 5.41) is 7.04. The normalized spacial score (nSPS) is 29.3. The minimum Gasteiger partial charge on any atom is -0.368 e. The molecule has 3 heterocycles. The van der Waals surface area contributed by atoms with Gasteiger partial charge in [0.15, 0.2) is 0 Å². The second kappa shape index (κ2) is 8.92. The summed E-state index contributed by atoms with van der Waals surface area (Å²) in [4.78, 5) is 1.89. The first-order valence-electron chi connectivity index (χ1n) is 12.5. The van der Waals surface area contributed by atoms with Crippen molar-refractivity contribution in [3.63, 3.8) is 0 Å². The van der Waals surface area contributed by atoms with Crippen molar-refractivity contribution in [2.75, 3.05) is 18.0 Å². The number of sulfonamides is 1. The van der Waals surface area contributed by atoms with Crippen molar-refractivity contribution < 1.29 is 17.2 Å². The molecule has 1 saturated carbocycles. The Bertz CT molecular complexity index is 1340. The number of hydrogen-bond donors (Lipinski definition) is 0. The zero-order valence-electron chi connectivity index (χ0n) is 20.0. The van der Waals surface area contributed by atoms with Gasteiger partial charge in [-0.15, -0.1) is 10.2 Å². The van der Waals surface area contributed by atoms with Gasteiger partial charge in [0.25, 0.3) is 0 Å². The Balaban J connectivity index is 1.22. The molecule has 6 rings (SSSR count). The molecular weight excluding hydrogens is 484 g/mol. The highest BCUT2D eigenvalue weighted by Gasteiger charge is 2.57. The van der Waals surface area contributed by atoms with Crippen LogP contribution in [-0.4, -0.2) is 46.6 Å². The van der Waals surface area contributed by atoms with E-state index in [2.05, 4.69) is 10.2 Å². The molecule has 3 aliphatic rings. The molecule has 2 aromatic carbocycles. The Morgan fingerprint density at radius 1 is 0.972 bits per heavy atom. The predicted molar refractivity (Wildman–Crippen MR) is 132 cm³/mol. The Morgan fingerprint density at radius 3 is 2.33 bits per heavy atom. The van der Waals surface area contributed by atoms with Gasteiger partial charge in [0.1, 0.15) is 29.5 Å². The van der Waals surface area contributed by atoms with Crippen molar-refractivity contribution in [2.45, 2.75) is 50.1 Å². The third-order valence-corrected chi connectivity index (χ3v) is 10.5. The third kappa shape index (κ3) is 3.91. The van der Waals surface area contributed by atoms with E-state index in [9.17, 15) is 8.42 Å². The summed E-state index contributed by atoms with van der Waals surface area (Å²) >= 11 is 0. The van der Waals surface area contributed by atoms with E-state index in [1.54, 1.807) is 12.7 Å². The quantitative estimate of drug-likeness (QED) is 0.491. The first-order valence-corrected chi connectivity index (χ1v) is 14.0. The van der Waals surface area contributed by atoms with Gasteiger partial charge in [-0.05, 0) is 30.9 Å². The summed E-state index contributed by atoms with van der Waals surface area (Å²) in [5.74, 6) is -0.367. The average Bonchev–Trinajstić information content (AvgIpc) is 3.24. The van der Waals surface area contributed by atoms with Crippen LogP contribution >= 0.6 is 0 Å². The Kier molecular flexibility index (Phi) is 5.83. The van der Waals surface area contributed by atoms with Crippen LogP contribution in [0.3, 0.4) is 0 Å². The molecule has 0 radical (unpaired) electrons. The van der Waals surface area contributed by atoms with Gasteiger partial charge in [-0.1, -0.05) is 37.3 Å². The molecule has 0 unspecified atom stereocenters. The van der Waals surface area contributed by atoms with Gasteiger partial charge in [-0.3, -0.25) is 0 Å². The molecule has 0 amide bonds. The monoisotopic (exact) mass is 513 g/mol. The van der Waals surface area contributed by atoms with Crippen molar-refractivity contribution in [1.82, 2.24) is 19.1 Å². The number of piperidine rings is 1. The van der Waals surface area contributed by atoms with Gasteiger partial charge >= 0.3 is 0 Å². The molecular formula is C26H29F2N5O2S. The van der Waals surface area contributed by atoms with Crippen LogP contribution in [0.2, 0.25) is 0 Å². The van der Waals surface area contributed by atoms with Crippen molar-refractivity contribution in [2.24, 2.45) is 11.8 Å². The minimum absolute atomic E-state index is 0.0682. The standard InChI is InChI=1S/C26H29F2N5O2S/c1-2-19-8-9-25(17-6-4-3-5-7-17)36(34,35)33(19)12-18-10-23(28)24(11-22(18)27)31-13-20-21(14-31)26(20)32-15-29-30-16-32/h3-7,10-11,15-16,19-21,25-26H,2,8-9,12-14H2,1H3/t19-,20-,21+,25-,26+/m0/s1. The average molecular weight is 514 g/mol. The van der Waals surface area contributed by atoms with E-state index in [0.29, 0.717) is 50.2 Å². The Labute approximate surface area is 209 Å². The molecule has 1 aromatic heterocycles. The summed E-state index contributed by atoms with van der Waals surface area (Å²) in [6.07, 6.45) is 5.21. The molecule has 190 valence electrons. The maximum absolute atomic E-state index is 15.3. The first kappa shape index (κ1) is 23.5. The van der Waals surface area contributed by atoms with E-state index in [0.717, 1.165) is 5.56 Å². The number of fused-ring (bicyclic) bond motifs is 1. The first-order chi connectivity index (χ1) is 17.4.